The predicted octanol–water partition coefficient (Wildman–Crippen LogP) is 6.55. The van der Waals surface area contributed by atoms with E-state index in [0.29, 0.717) is 6.42 Å². The summed E-state index contributed by atoms with van der Waals surface area (Å²) in [6.07, 6.45) is 19.0. The van der Waals surface area contributed by atoms with Crippen molar-refractivity contribution in [3.63, 3.8) is 0 Å². The molecule has 472 valence electrons. The number of rotatable bonds is 48. The van der Waals surface area contributed by atoms with Crippen molar-refractivity contribution in [2.75, 3.05) is 26.4 Å². The van der Waals surface area contributed by atoms with Gasteiger partial charge < -0.3 is 89.9 Å². The summed E-state index contributed by atoms with van der Waals surface area (Å²) in [6.45, 7) is 1.75. The van der Waals surface area contributed by atoms with Crippen molar-refractivity contribution < 1.29 is 89.4 Å². The molecule has 3 fully saturated rings. The Morgan fingerprint density at radius 3 is 1.18 bits per heavy atom. The lowest BCUT2D eigenvalue weighted by molar-refractivity contribution is -0.379. The van der Waals surface area contributed by atoms with Crippen molar-refractivity contribution in [3.8, 4) is 0 Å². The molecule has 3 heterocycles. The maximum atomic E-state index is 13.3. The molecule has 0 spiro atoms. The van der Waals surface area contributed by atoms with Gasteiger partial charge in [0.15, 0.2) is 18.9 Å². The number of hydrogen-bond donors (Lipinski definition) is 12. The van der Waals surface area contributed by atoms with E-state index in [0.717, 1.165) is 44.9 Å². The summed E-state index contributed by atoms with van der Waals surface area (Å²) in [5, 5.41) is 120. The van der Waals surface area contributed by atoms with E-state index in [-0.39, 0.29) is 18.9 Å². The molecule has 17 atom stereocenters. The van der Waals surface area contributed by atoms with Crippen LogP contribution in [-0.4, -0.2) is 193 Å². The molecule has 0 bridgehead atoms. The number of unbranched alkanes of at least 4 members (excludes halogenated alkanes) is 32. The molecule has 3 saturated heterocycles. The predicted molar refractivity (Wildman–Crippen MR) is 305 cm³/mol. The Labute approximate surface area is 480 Å². The molecule has 0 aliphatic carbocycles. The maximum absolute atomic E-state index is 13.3. The van der Waals surface area contributed by atoms with Gasteiger partial charge in [-0.05, 0) is 19.3 Å². The zero-order valence-corrected chi connectivity index (χ0v) is 49.3. The zero-order chi connectivity index (χ0) is 58.3. The number of carbonyl (C=O) groups excluding carboxylic acids is 1. The van der Waals surface area contributed by atoms with Gasteiger partial charge in [0.1, 0.15) is 73.2 Å². The van der Waals surface area contributed by atoms with Gasteiger partial charge in [-0.25, -0.2) is 0 Å². The summed E-state index contributed by atoms with van der Waals surface area (Å²) in [7, 11) is 0. The summed E-state index contributed by atoms with van der Waals surface area (Å²) >= 11 is 0. The molecule has 19 heteroatoms. The summed E-state index contributed by atoms with van der Waals surface area (Å²) in [6, 6.07) is -0.967. The topological polar surface area (TPSA) is 307 Å². The van der Waals surface area contributed by atoms with Crippen molar-refractivity contribution in [1.82, 2.24) is 5.32 Å². The summed E-state index contributed by atoms with van der Waals surface area (Å²) < 4.78 is 34.3. The van der Waals surface area contributed by atoms with Crippen LogP contribution in [0.5, 0.6) is 0 Å². The summed E-state index contributed by atoms with van der Waals surface area (Å²) in [5.41, 5.74) is 0. The summed E-state index contributed by atoms with van der Waals surface area (Å²) in [4.78, 5) is 13.3. The van der Waals surface area contributed by atoms with Crippen LogP contribution in [0.15, 0.2) is 12.2 Å². The zero-order valence-electron chi connectivity index (χ0n) is 49.3. The molecule has 0 radical (unpaired) electrons. The van der Waals surface area contributed by atoms with Crippen LogP contribution < -0.4 is 5.32 Å². The highest BCUT2D eigenvalue weighted by molar-refractivity contribution is 5.76. The van der Waals surface area contributed by atoms with Gasteiger partial charge in [0.05, 0.1) is 38.6 Å². The first-order valence-electron chi connectivity index (χ1n) is 31.9. The highest BCUT2D eigenvalue weighted by atomic mass is 16.8. The van der Waals surface area contributed by atoms with Gasteiger partial charge in [0, 0.05) is 6.42 Å². The Bertz CT molecular complexity index is 1510. The third kappa shape index (κ3) is 28.2. The quantitative estimate of drug-likeness (QED) is 0.0227. The molecule has 3 aliphatic heterocycles. The Balaban J connectivity index is 1.48. The van der Waals surface area contributed by atoms with Crippen LogP contribution in [0.4, 0.5) is 0 Å². The number of aliphatic hydroxyl groups excluding tert-OH is 11. The largest absolute Gasteiger partial charge is 0.394 e. The first kappa shape index (κ1) is 72.8. The number of allylic oxidation sites excluding steroid dienone is 1. The Kier molecular flexibility index (Phi) is 40.9. The van der Waals surface area contributed by atoms with Crippen LogP contribution >= 0.6 is 0 Å². The van der Waals surface area contributed by atoms with E-state index < -0.39 is 124 Å². The van der Waals surface area contributed by atoms with Gasteiger partial charge in [0.2, 0.25) is 5.91 Å². The number of nitrogens with one attached hydrogen (secondary N) is 1. The first-order chi connectivity index (χ1) is 38.8. The van der Waals surface area contributed by atoms with E-state index in [1.165, 1.54) is 167 Å². The molecule has 12 N–H and O–H groups in total. The lowest BCUT2D eigenvalue weighted by atomic mass is 9.96. The number of aliphatic hydroxyl groups is 11. The van der Waals surface area contributed by atoms with Gasteiger partial charge in [-0.1, -0.05) is 225 Å². The number of carbonyl (C=O) groups is 1. The Morgan fingerprint density at radius 2 is 0.775 bits per heavy atom. The number of hydrogen-bond acceptors (Lipinski definition) is 18. The van der Waals surface area contributed by atoms with Crippen LogP contribution in [0.3, 0.4) is 0 Å². The second-order valence-corrected chi connectivity index (χ2v) is 23.2. The fourth-order valence-electron chi connectivity index (χ4n) is 11.1. The smallest absolute Gasteiger partial charge is 0.220 e. The molecular weight excluding hydrogens is 1030 g/mol. The first-order valence-corrected chi connectivity index (χ1v) is 31.9. The third-order valence-corrected chi connectivity index (χ3v) is 16.3. The third-order valence-electron chi connectivity index (χ3n) is 16.3. The van der Waals surface area contributed by atoms with Gasteiger partial charge in [0.25, 0.3) is 0 Å². The van der Waals surface area contributed by atoms with E-state index in [1.807, 2.05) is 6.08 Å². The molecule has 17 unspecified atom stereocenters. The second-order valence-electron chi connectivity index (χ2n) is 23.2. The minimum Gasteiger partial charge on any atom is -0.394 e. The van der Waals surface area contributed by atoms with E-state index in [2.05, 4.69) is 19.2 Å². The van der Waals surface area contributed by atoms with Gasteiger partial charge in [-0.2, -0.15) is 0 Å². The normalized spacial score (nSPS) is 30.0. The lowest BCUT2D eigenvalue weighted by Crippen LogP contribution is -2.66. The molecule has 80 heavy (non-hydrogen) atoms. The Morgan fingerprint density at radius 1 is 0.438 bits per heavy atom. The van der Waals surface area contributed by atoms with Gasteiger partial charge >= 0.3 is 0 Å². The molecule has 0 saturated carbocycles. The molecule has 0 aromatic carbocycles. The highest BCUT2D eigenvalue weighted by Crippen LogP contribution is 2.33. The van der Waals surface area contributed by atoms with Crippen molar-refractivity contribution in [2.45, 2.75) is 343 Å². The maximum Gasteiger partial charge on any atom is 0.220 e. The molecule has 1 amide bonds. The minimum atomic E-state index is -1.97. The van der Waals surface area contributed by atoms with Crippen LogP contribution in [0.2, 0.25) is 0 Å². The van der Waals surface area contributed by atoms with Crippen LogP contribution in [0.25, 0.3) is 0 Å². The van der Waals surface area contributed by atoms with E-state index in [9.17, 15) is 61.0 Å². The SMILES string of the molecule is CCCCCCCCCCCCCCCCCCCC/C=C/C(O)C(COC1OC(CO)C(OC2OC(CO)C(OC3OC(CO)C(O)C(O)C3O)C(O)C2O)C(O)C1O)NC(=O)CCCCCCCCCCCCCCCCC. The van der Waals surface area contributed by atoms with E-state index in [1.54, 1.807) is 6.08 Å². The fraction of sp³-hybridized carbons (Fsp3) is 0.951. The Hall–Kier alpha value is -1.47. The molecule has 3 aliphatic rings. The van der Waals surface area contributed by atoms with Crippen molar-refractivity contribution in [3.05, 3.63) is 12.2 Å². The second kappa shape index (κ2) is 44.9. The van der Waals surface area contributed by atoms with E-state index >= 15 is 0 Å². The monoisotopic (exact) mass is 1150 g/mol. The number of ether oxygens (including phenoxy) is 6. The van der Waals surface area contributed by atoms with Crippen LogP contribution in [0, 0.1) is 0 Å². The lowest BCUT2D eigenvalue weighted by Gasteiger charge is -2.48. The van der Waals surface area contributed by atoms with Gasteiger partial charge in [-0.3, -0.25) is 4.79 Å². The average Bonchev–Trinajstić information content (AvgIpc) is 3.49. The summed E-state index contributed by atoms with van der Waals surface area (Å²) in [5.74, 6) is -0.272. The van der Waals surface area contributed by atoms with Crippen LogP contribution in [-0.2, 0) is 33.2 Å². The minimum absolute atomic E-state index is 0.249. The number of amides is 1. The standard InChI is InChI=1S/C61H115NO18/c1-3-5-7-9-11-13-15-17-19-20-21-22-23-25-26-28-30-32-34-36-38-45(66)44(62-49(67)39-37-35-33-31-29-27-24-18-16-14-12-10-8-6-4-2)43-75-59-55(73)52(70)57(47(41-64)77-59)80-61-56(74)53(71)58(48(42-65)78-61)79-60-54(72)51(69)50(68)46(40-63)76-60/h36,38,44-48,50-61,63-66,68-74H,3-35,37,39-43H2,1-2H3,(H,62,67)/b38-36+. The molecule has 19 nitrogen and oxygen atoms in total. The van der Waals surface area contributed by atoms with Crippen LogP contribution in [0.1, 0.15) is 239 Å². The fourth-order valence-corrected chi connectivity index (χ4v) is 11.1. The van der Waals surface area contributed by atoms with E-state index in [4.69, 9.17) is 28.4 Å². The molecule has 3 rings (SSSR count). The van der Waals surface area contributed by atoms with Gasteiger partial charge in [-0.15, -0.1) is 0 Å². The molecule has 0 aromatic heterocycles. The van der Waals surface area contributed by atoms with Crippen molar-refractivity contribution in [2.24, 2.45) is 0 Å². The molecule has 0 aromatic rings. The highest BCUT2D eigenvalue weighted by Gasteiger charge is 2.53. The van der Waals surface area contributed by atoms with Crippen molar-refractivity contribution >= 4 is 5.91 Å². The average molecular weight is 1150 g/mol. The molecular formula is C61H115NO18. The van der Waals surface area contributed by atoms with Crippen molar-refractivity contribution in [1.29, 1.82) is 0 Å².